The molecule has 3 heterocycles. The van der Waals surface area contributed by atoms with Crippen LogP contribution in [-0.2, 0) is 4.74 Å². The number of carbonyl (C=O) groups excluding carboxylic acids is 1. The lowest BCUT2D eigenvalue weighted by molar-refractivity contribution is 0.0206. The Kier molecular flexibility index (Phi) is 5.63. The van der Waals surface area contributed by atoms with Crippen LogP contribution in [0.25, 0.3) is 11.0 Å². The van der Waals surface area contributed by atoms with Gasteiger partial charge in [0.2, 0.25) is 0 Å². The van der Waals surface area contributed by atoms with Crippen molar-refractivity contribution in [2.75, 3.05) is 31.6 Å². The average Bonchev–Trinajstić information content (AvgIpc) is 3.45. The van der Waals surface area contributed by atoms with Gasteiger partial charge in [0.15, 0.2) is 5.76 Å². The fraction of sp³-hybridized carbons (Fsp3) is 0.208. The molecule has 7 heteroatoms. The van der Waals surface area contributed by atoms with Crippen molar-refractivity contribution >= 4 is 38.5 Å². The standard InChI is InChI=1S/C24H21BrN2O4/c25-17-9-7-16(8-10-17)22(27-11-14-29-15-12-27)23-21(18-4-1-2-5-19(18)31-23)26-24(28)20-6-3-13-30-20/h1-10,13,22H,11-12,14-15H2,(H,26,28). The van der Waals surface area contributed by atoms with E-state index in [0.717, 1.165) is 34.1 Å². The number of furan rings is 2. The summed E-state index contributed by atoms with van der Waals surface area (Å²) >= 11 is 3.52. The van der Waals surface area contributed by atoms with E-state index in [9.17, 15) is 4.79 Å². The number of para-hydroxylation sites is 1. The molecule has 6 nitrogen and oxygen atoms in total. The number of carbonyl (C=O) groups is 1. The van der Waals surface area contributed by atoms with Crippen molar-refractivity contribution in [2.45, 2.75) is 6.04 Å². The lowest BCUT2D eigenvalue weighted by atomic mass is 10.0. The number of benzene rings is 2. The highest BCUT2D eigenvalue weighted by atomic mass is 79.9. The minimum atomic E-state index is -0.311. The highest BCUT2D eigenvalue weighted by molar-refractivity contribution is 9.10. The van der Waals surface area contributed by atoms with Gasteiger partial charge in [0, 0.05) is 22.9 Å². The van der Waals surface area contributed by atoms with E-state index in [4.69, 9.17) is 13.6 Å². The molecule has 0 radical (unpaired) electrons. The molecule has 2 aromatic carbocycles. The molecule has 158 valence electrons. The minimum absolute atomic E-state index is 0.170. The molecule has 1 atom stereocenters. The van der Waals surface area contributed by atoms with E-state index >= 15 is 0 Å². The summed E-state index contributed by atoms with van der Waals surface area (Å²) < 4.78 is 18.3. The summed E-state index contributed by atoms with van der Waals surface area (Å²) in [5, 5.41) is 3.90. The van der Waals surface area contributed by atoms with E-state index in [2.05, 4.69) is 38.3 Å². The summed E-state index contributed by atoms with van der Waals surface area (Å²) in [6, 6.07) is 19.1. The van der Waals surface area contributed by atoms with E-state index in [1.54, 1.807) is 12.1 Å². The van der Waals surface area contributed by atoms with Crippen molar-refractivity contribution in [1.82, 2.24) is 4.90 Å². The van der Waals surface area contributed by atoms with E-state index in [1.165, 1.54) is 6.26 Å². The maximum absolute atomic E-state index is 12.9. The molecule has 5 rings (SSSR count). The zero-order chi connectivity index (χ0) is 21.2. The molecule has 0 spiro atoms. The molecule has 2 aromatic heterocycles. The molecule has 1 amide bonds. The summed E-state index contributed by atoms with van der Waals surface area (Å²) in [5.41, 5.74) is 2.47. The number of morpholine rings is 1. The number of nitrogens with one attached hydrogen (secondary N) is 1. The quantitative estimate of drug-likeness (QED) is 0.410. The first-order chi connectivity index (χ1) is 15.2. The maximum atomic E-state index is 12.9. The van der Waals surface area contributed by atoms with E-state index in [0.29, 0.717) is 24.7 Å². The number of ether oxygens (including phenoxy) is 1. The van der Waals surface area contributed by atoms with Crippen LogP contribution in [0, 0.1) is 0 Å². The SMILES string of the molecule is O=C(Nc1c(C(c2ccc(Br)cc2)N2CCOCC2)oc2ccccc12)c1ccco1. The monoisotopic (exact) mass is 480 g/mol. The topological polar surface area (TPSA) is 67.9 Å². The molecule has 1 fully saturated rings. The largest absolute Gasteiger partial charge is 0.459 e. The van der Waals surface area contributed by atoms with Gasteiger partial charge in [-0.1, -0.05) is 40.2 Å². The number of rotatable bonds is 5. The van der Waals surface area contributed by atoms with Crippen molar-refractivity contribution in [1.29, 1.82) is 0 Å². The Labute approximate surface area is 187 Å². The van der Waals surface area contributed by atoms with Crippen LogP contribution >= 0.6 is 15.9 Å². The summed E-state index contributed by atoms with van der Waals surface area (Å²) in [4.78, 5) is 15.2. The number of halogens is 1. The Balaban J connectivity index is 1.64. The van der Waals surface area contributed by atoms with Crippen molar-refractivity contribution in [3.8, 4) is 0 Å². The van der Waals surface area contributed by atoms with Gasteiger partial charge in [0.05, 0.1) is 31.2 Å². The summed E-state index contributed by atoms with van der Waals surface area (Å²) in [6.07, 6.45) is 1.49. The maximum Gasteiger partial charge on any atom is 0.291 e. The first kappa shape index (κ1) is 20.1. The van der Waals surface area contributed by atoms with Crippen LogP contribution in [0.15, 0.2) is 80.2 Å². The van der Waals surface area contributed by atoms with E-state index in [-0.39, 0.29) is 17.7 Å². The summed E-state index contributed by atoms with van der Waals surface area (Å²) in [5.74, 6) is 0.641. The van der Waals surface area contributed by atoms with Crippen LogP contribution in [0.1, 0.15) is 27.9 Å². The van der Waals surface area contributed by atoms with Crippen molar-refractivity contribution < 1.29 is 18.4 Å². The highest BCUT2D eigenvalue weighted by Crippen LogP contribution is 2.41. The zero-order valence-electron chi connectivity index (χ0n) is 16.7. The van der Waals surface area contributed by atoms with Crippen LogP contribution in [-0.4, -0.2) is 37.1 Å². The highest BCUT2D eigenvalue weighted by Gasteiger charge is 2.31. The van der Waals surface area contributed by atoms with Gasteiger partial charge in [-0.15, -0.1) is 0 Å². The normalized spacial score (nSPS) is 15.8. The lowest BCUT2D eigenvalue weighted by Gasteiger charge is -2.34. The second kappa shape index (κ2) is 8.70. The van der Waals surface area contributed by atoms with Crippen LogP contribution in [0.2, 0.25) is 0 Å². The molecule has 0 bridgehead atoms. The first-order valence-corrected chi connectivity index (χ1v) is 10.9. The number of nitrogens with zero attached hydrogens (tertiary/aromatic N) is 1. The van der Waals surface area contributed by atoms with Gasteiger partial charge < -0.3 is 18.9 Å². The number of anilines is 1. The van der Waals surface area contributed by atoms with E-state index < -0.39 is 0 Å². The van der Waals surface area contributed by atoms with E-state index in [1.807, 2.05) is 36.4 Å². The first-order valence-electron chi connectivity index (χ1n) is 10.1. The number of amides is 1. The third-order valence-electron chi connectivity index (χ3n) is 5.45. The molecule has 1 unspecified atom stereocenters. The number of hydrogen-bond donors (Lipinski definition) is 1. The fourth-order valence-corrected chi connectivity index (χ4v) is 4.24. The Morgan fingerprint density at radius 1 is 1.00 bits per heavy atom. The minimum Gasteiger partial charge on any atom is -0.459 e. The third kappa shape index (κ3) is 4.04. The Morgan fingerprint density at radius 2 is 1.77 bits per heavy atom. The van der Waals surface area contributed by atoms with Crippen molar-refractivity contribution in [3.05, 3.63) is 88.5 Å². The van der Waals surface area contributed by atoms with Gasteiger partial charge in [-0.2, -0.15) is 0 Å². The fourth-order valence-electron chi connectivity index (χ4n) is 3.98. The Bertz CT molecular complexity index is 1180. The molecule has 4 aromatic rings. The average molecular weight is 481 g/mol. The molecule has 1 N–H and O–H groups in total. The predicted octanol–water partition coefficient (Wildman–Crippen LogP) is 5.46. The molecule has 0 saturated carbocycles. The molecule has 0 aliphatic carbocycles. The van der Waals surface area contributed by atoms with Crippen LogP contribution in [0.4, 0.5) is 5.69 Å². The molecular formula is C24H21BrN2O4. The predicted molar refractivity (Wildman–Crippen MR) is 121 cm³/mol. The zero-order valence-corrected chi connectivity index (χ0v) is 18.3. The molecule has 31 heavy (non-hydrogen) atoms. The van der Waals surface area contributed by atoms with Crippen LogP contribution in [0.3, 0.4) is 0 Å². The second-order valence-corrected chi connectivity index (χ2v) is 8.29. The van der Waals surface area contributed by atoms with Crippen LogP contribution < -0.4 is 5.32 Å². The third-order valence-corrected chi connectivity index (χ3v) is 5.98. The summed E-state index contributed by atoms with van der Waals surface area (Å²) in [6.45, 7) is 2.84. The molecule has 1 saturated heterocycles. The van der Waals surface area contributed by atoms with Crippen molar-refractivity contribution in [2.24, 2.45) is 0 Å². The van der Waals surface area contributed by atoms with Crippen molar-refractivity contribution in [3.63, 3.8) is 0 Å². The number of hydrogen-bond acceptors (Lipinski definition) is 5. The molecule has 1 aliphatic heterocycles. The smallest absolute Gasteiger partial charge is 0.291 e. The van der Waals surface area contributed by atoms with Gasteiger partial charge >= 0.3 is 0 Å². The van der Waals surface area contributed by atoms with Gasteiger partial charge in [-0.25, -0.2) is 0 Å². The molecule has 1 aliphatic rings. The van der Waals surface area contributed by atoms with Gasteiger partial charge in [-0.05, 0) is 42.0 Å². The number of fused-ring (bicyclic) bond motifs is 1. The Hall–Kier alpha value is -2.87. The molecular weight excluding hydrogens is 460 g/mol. The van der Waals surface area contributed by atoms with Gasteiger partial charge in [-0.3, -0.25) is 9.69 Å². The lowest BCUT2D eigenvalue weighted by Crippen LogP contribution is -2.39. The van der Waals surface area contributed by atoms with Crippen LogP contribution in [0.5, 0.6) is 0 Å². The Morgan fingerprint density at radius 3 is 2.52 bits per heavy atom. The summed E-state index contributed by atoms with van der Waals surface area (Å²) in [7, 11) is 0. The van der Waals surface area contributed by atoms with Gasteiger partial charge in [0.25, 0.3) is 5.91 Å². The van der Waals surface area contributed by atoms with Gasteiger partial charge in [0.1, 0.15) is 11.3 Å². The second-order valence-electron chi connectivity index (χ2n) is 7.37.